The first-order valence-corrected chi connectivity index (χ1v) is 8.45. The van der Waals surface area contributed by atoms with E-state index in [1.54, 1.807) is 29.2 Å². The van der Waals surface area contributed by atoms with Crippen LogP contribution in [-0.4, -0.2) is 62.3 Å². The van der Waals surface area contributed by atoms with Crippen molar-refractivity contribution >= 4 is 17.5 Å². The molecule has 2 saturated heterocycles. The third-order valence-corrected chi connectivity index (χ3v) is 4.44. The Balaban J connectivity index is 1.51. The second kappa shape index (κ2) is 8.10. The maximum Gasteiger partial charge on any atom is 0.249 e. The molecular weight excluding hydrogens is 322 g/mol. The van der Waals surface area contributed by atoms with Crippen LogP contribution in [0.5, 0.6) is 0 Å². The van der Waals surface area contributed by atoms with E-state index in [9.17, 15) is 14.9 Å². The van der Waals surface area contributed by atoms with E-state index in [1.807, 2.05) is 0 Å². The molecule has 2 amide bonds. The van der Waals surface area contributed by atoms with Gasteiger partial charge in [-0.25, -0.2) is 0 Å². The maximum atomic E-state index is 12.4. The van der Waals surface area contributed by atoms with E-state index in [-0.39, 0.29) is 31.1 Å². The maximum absolute atomic E-state index is 12.4. The SMILES string of the molecule is N#Cc1ccccc1N1CCN(C(=O)COCC2CCCO2)CC1=O. The number of para-hydroxylation sites is 1. The molecule has 7 nitrogen and oxygen atoms in total. The number of carbonyl (C=O) groups excluding carboxylic acids is 2. The van der Waals surface area contributed by atoms with Gasteiger partial charge in [-0.2, -0.15) is 5.26 Å². The zero-order valence-corrected chi connectivity index (χ0v) is 14.0. The number of anilines is 1. The Kier molecular flexibility index (Phi) is 5.64. The van der Waals surface area contributed by atoms with E-state index < -0.39 is 0 Å². The number of rotatable bonds is 5. The number of carbonyl (C=O) groups is 2. The number of nitriles is 1. The molecule has 2 heterocycles. The van der Waals surface area contributed by atoms with Gasteiger partial charge in [-0.05, 0) is 25.0 Å². The molecular formula is C18H21N3O4. The van der Waals surface area contributed by atoms with Crippen LogP contribution < -0.4 is 4.90 Å². The van der Waals surface area contributed by atoms with Gasteiger partial charge in [-0.3, -0.25) is 9.59 Å². The summed E-state index contributed by atoms with van der Waals surface area (Å²) in [5, 5.41) is 9.18. The van der Waals surface area contributed by atoms with Crippen molar-refractivity contribution in [3.05, 3.63) is 29.8 Å². The highest BCUT2D eigenvalue weighted by Gasteiger charge is 2.29. The summed E-state index contributed by atoms with van der Waals surface area (Å²) >= 11 is 0. The normalized spacial score (nSPS) is 20.6. The van der Waals surface area contributed by atoms with Gasteiger partial charge in [0.1, 0.15) is 19.2 Å². The monoisotopic (exact) mass is 343 g/mol. The molecule has 0 saturated carbocycles. The van der Waals surface area contributed by atoms with Gasteiger partial charge in [0.2, 0.25) is 11.8 Å². The molecule has 2 aliphatic heterocycles. The van der Waals surface area contributed by atoms with E-state index >= 15 is 0 Å². The third-order valence-electron chi connectivity index (χ3n) is 4.44. The minimum absolute atomic E-state index is 0.00187. The molecule has 1 aromatic carbocycles. The van der Waals surface area contributed by atoms with Crippen LogP contribution in [0.4, 0.5) is 5.69 Å². The van der Waals surface area contributed by atoms with Gasteiger partial charge in [0.05, 0.1) is 24.0 Å². The van der Waals surface area contributed by atoms with Crippen molar-refractivity contribution in [3.8, 4) is 6.07 Å². The van der Waals surface area contributed by atoms with Crippen molar-refractivity contribution < 1.29 is 19.1 Å². The van der Waals surface area contributed by atoms with Crippen LogP contribution in [0.15, 0.2) is 24.3 Å². The van der Waals surface area contributed by atoms with Crippen molar-refractivity contribution in [2.24, 2.45) is 0 Å². The van der Waals surface area contributed by atoms with E-state index in [4.69, 9.17) is 9.47 Å². The Morgan fingerprint density at radius 1 is 1.36 bits per heavy atom. The molecule has 132 valence electrons. The first kappa shape index (κ1) is 17.4. The van der Waals surface area contributed by atoms with Crippen molar-refractivity contribution in [1.29, 1.82) is 5.26 Å². The molecule has 3 rings (SSSR count). The number of piperazine rings is 1. The Hall–Kier alpha value is -2.43. The number of benzene rings is 1. The lowest BCUT2D eigenvalue weighted by molar-refractivity contribution is -0.141. The minimum atomic E-state index is -0.195. The molecule has 1 unspecified atom stereocenters. The molecule has 0 aliphatic carbocycles. The summed E-state index contributed by atoms with van der Waals surface area (Å²) in [6, 6.07) is 9.08. The van der Waals surface area contributed by atoms with Crippen LogP contribution in [0.3, 0.4) is 0 Å². The summed E-state index contributed by atoms with van der Waals surface area (Å²) in [6.45, 7) is 1.92. The van der Waals surface area contributed by atoms with Gasteiger partial charge in [0, 0.05) is 19.7 Å². The number of nitrogens with zero attached hydrogens (tertiary/aromatic N) is 3. The predicted octanol–water partition coefficient (Wildman–Crippen LogP) is 0.929. The van der Waals surface area contributed by atoms with Crippen LogP contribution >= 0.6 is 0 Å². The molecule has 2 aliphatic rings. The van der Waals surface area contributed by atoms with Crippen molar-refractivity contribution in [1.82, 2.24) is 4.90 Å². The first-order chi connectivity index (χ1) is 12.2. The van der Waals surface area contributed by atoms with Gasteiger partial charge in [-0.1, -0.05) is 12.1 Å². The standard InChI is InChI=1S/C18H21N3O4/c19-10-14-4-1-2-6-16(14)21-8-7-20(11-17(21)22)18(23)13-24-12-15-5-3-9-25-15/h1-2,4,6,15H,3,5,7-9,11-13H2. The van der Waals surface area contributed by atoms with Gasteiger partial charge < -0.3 is 19.3 Å². The second-order valence-electron chi connectivity index (χ2n) is 6.14. The smallest absolute Gasteiger partial charge is 0.249 e. The molecule has 2 fully saturated rings. The van der Waals surface area contributed by atoms with Gasteiger partial charge in [0.15, 0.2) is 0 Å². The molecule has 0 N–H and O–H groups in total. The molecule has 25 heavy (non-hydrogen) atoms. The van der Waals surface area contributed by atoms with Crippen LogP contribution in [0.2, 0.25) is 0 Å². The highest BCUT2D eigenvalue weighted by Crippen LogP contribution is 2.21. The Morgan fingerprint density at radius 2 is 2.20 bits per heavy atom. The van der Waals surface area contributed by atoms with E-state index in [2.05, 4.69) is 6.07 Å². The zero-order valence-electron chi connectivity index (χ0n) is 14.0. The third kappa shape index (κ3) is 4.16. The summed E-state index contributed by atoms with van der Waals surface area (Å²) in [6.07, 6.45) is 2.07. The fraction of sp³-hybridized carbons (Fsp3) is 0.500. The topological polar surface area (TPSA) is 82.9 Å². The average Bonchev–Trinajstić information content (AvgIpc) is 3.15. The fourth-order valence-electron chi connectivity index (χ4n) is 3.09. The Labute approximate surface area is 146 Å². The summed E-state index contributed by atoms with van der Waals surface area (Å²) in [5.74, 6) is -0.388. The molecule has 1 atom stereocenters. The Morgan fingerprint density at radius 3 is 2.92 bits per heavy atom. The number of ether oxygens (including phenoxy) is 2. The van der Waals surface area contributed by atoms with Crippen molar-refractivity contribution in [2.45, 2.75) is 18.9 Å². The highest BCUT2D eigenvalue weighted by atomic mass is 16.5. The molecule has 7 heteroatoms. The predicted molar refractivity (Wildman–Crippen MR) is 89.9 cm³/mol. The van der Waals surface area contributed by atoms with E-state index in [0.29, 0.717) is 30.9 Å². The number of hydrogen-bond acceptors (Lipinski definition) is 5. The first-order valence-electron chi connectivity index (χ1n) is 8.45. The van der Waals surface area contributed by atoms with E-state index in [1.165, 1.54) is 4.90 Å². The molecule has 0 aromatic heterocycles. The summed E-state index contributed by atoms with van der Waals surface area (Å²) in [4.78, 5) is 27.7. The average molecular weight is 343 g/mol. The van der Waals surface area contributed by atoms with Crippen LogP contribution in [-0.2, 0) is 19.1 Å². The van der Waals surface area contributed by atoms with Gasteiger partial charge >= 0.3 is 0 Å². The minimum Gasteiger partial charge on any atom is -0.376 e. The molecule has 0 bridgehead atoms. The molecule has 0 spiro atoms. The summed E-state index contributed by atoms with van der Waals surface area (Å²) in [5.41, 5.74) is 1.05. The van der Waals surface area contributed by atoms with E-state index in [0.717, 1.165) is 19.4 Å². The quantitative estimate of drug-likeness (QED) is 0.794. The number of hydrogen-bond donors (Lipinski definition) is 0. The molecule has 0 radical (unpaired) electrons. The Bertz CT molecular complexity index is 679. The number of amides is 2. The van der Waals surface area contributed by atoms with Crippen LogP contribution in [0, 0.1) is 11.3 Å². The lowest BCUT2D eigenvalue weighted by Crippen LogP contribution is -2.53. The summed E-state index contributed by atoms with van der Waals surface area (Å²) < 4.78 is 10.9. The van der Waals surface area contributed by atoms with Crippen LogP contribution in [0.25, 0.3) is 0 Å². The summed E-state index contributed by atoms with van der Waals surface area (Å²) in [7, 11) is 0. The van der Waals surface area contributed by atoms with Crippen molar-refractivity contribution in [2.75, 3.05) is 44.4 Å². The van der Waals surface area contributed by atoms with Gasteiger partial charge in [0.25, 0.3) is 0 Å². The second-order valence-corrected chi connectivity index (χ2v) is 6.14. The zero-order chi connectivity index (χ0) is 17.6. The lowest BCUT2D eigenvalue weighted by Gasteiger charge is -2.34. The van der Waals surface area contributed by atoms with Crippen molar-refractivity contribution in [3.63, 3.8) is 0 Å². The molecule has 1 aromatic rings. The largest absolute Gasteiger partial charge is 0.376 e. The van der Waals surface area contributed by atoms with Crippen LogP contribution in [0.1, 0.15) is 18.4 Å². The lowest BCUT2D eigenvalue weighted by atomic mass is 10.1. The fourth-order valence-corrected chi connectivity index (χ4v) is 3.09. The highest BCUT2D eigenvalue weighted by molar-refractivity contribution is 5.99. The van der Waals surface area contributed by atoms with Gasteiger partial charge in [-0.15, -0.1) is 0 Å².